The highest BCUT2D eigenvalue weighted by Gasteiger charge is 2.15. The summed E-state index contributed by atoms with van der Waals surface area (Å²) in [6.45, 7) is 0. The van der Waals surface area contributed by atoms with Gasteiger partial charge in [0.05, 0.1) is 22.7 Å². The Kier molecular flexibility index (Phi) is 5.57. The summed E-state index contributed by atoms with van der Waals surface area (Å²) in [5.74, 6) is -0.361. The molecule has 0 aliphatic heterocycles. The molecule has 0 saturated carbocycles. The third kappa shape index (κ3) is 4.08. The Hall–Kier alpha value is -3.16. The molecular formula is C22H19ClN4O2S. The molecule has 0 aliphatic rings. The maximum Gasteiger partial charge on any atom is 0.254 e. The highest BCUT2D eigenvalue weighted by Crippen LogP contribution is 2.25. The summed E-state index contributed by atoms with van der Waals surface area (Å²) in [5, 5.41) is 5.07. The highest BCUT2D eigenvalue weighted by atomic mass is 35.5. The van der Waals surface area contributed by atoms with Crippen LogP contribution in [0.25, 0.3) is 16.2 Å². The molecule has 0 bridgehead atoms. The van der Waals surface area contributed by atoms with Crippen molar-refractivity contribution in [2.75, 3.05) is 19.4 Å². The van der Waals surface area contributed by atoms with Crippen molar-refractivity contribution in [1.29, 1.82) is 0 Å². The number of nitrogens with zero attached hydrogens (tertiary/aromatic N) is 3. The number of carbonyl (C=O) groups is 2. The van der Waals surface area contributed by atoms with E-state index in [4.69, 9.17) is 11.6 Å². The molecule has 0 aliphatic carbocycles. The van der Waals surface area contributed by atoms with Gasteiger partial charge in [-0.05, 0) is 18.2 Å². The molecule has 0 radical (unpaired) electrons. The molecule has 30 heavy (non-hydrogen) atoms. The number of benzene rings is 2. The van der Waals surface area contributed by atoms with Gasteiger partial charge >= 0.3 is 0 Å². The Labute approximate surface area is 182 Å². The van der Waals surface area contributed by atoms with Crippen molar-refractivity contribution < 1.29 is 9.59 Å². The lowest BCUT2D eigenvalue weighted by atomic mass is 10.1. The first-order valence-corrected chi connectivity index (χ1v) is 10.5. The maximum atomic E-state index is 12.6. The summed E-state index contributed by atoms with van der Waals surface area (Å²) in [7, 11) is 3.32. The molecule has 8 heteroatoms. The average Bonchev–Trinajstić information content (AvgIpc) is 3.30. The van der Waals surface area contributed by atoms with Crippen LogP contribution in [0, 0.1) is 0 Å². The number of carbonyl (C=O) groups excluding carboxylic acids is 2. The minimum Gasteiger partial charge on any atom is -0.345 e. The van der Waals surface area contributed by atoms with E-state index in [1.807, 2.05) is 46.3 Å². The summed E-state index contributed by atoms with van der Waals surface area (Å²) in [5.41, 5.74) is 3.70. The van der Waals surface area contributed by atoms with Crippen LogP contribution in [0.2, 0.25) is 5.02 Å². The highest BCUT2D eigenvalue weighted by molar-refractivity contribution is 7.15. The first-order chi connectivity index (χ1) is 14.4. The molecule has 152 valence electrons. The van der Waals surface area contributed by atoms with E-state index in [9.17, 15) is 9.59 Å². The van der Waals surface area contributed by atoms with E-state index in [-0.39, 0.29) is 18.2 Å². The lowest BCUT2D eigenvalue weighted by molar-refractivity contribution is -0.115. The molecule has 2 aromatic carbocycles. The van der Waals surface area contributed by atoms with Gasteiger partial charge in [0.25, 0.3) is 5.91 Å². The number of nitrogens with one attached hydrogen (secondary N) is 1. The van der Waals surface area contributed by atoms with E-state index >= 15 is 0 Å². The lowest BCUT2D eigenvalue weighted by Gasteiger charge is -2.12. The number of hydrogen-bond donors (Lipinski definition) is 1. The molecule has 0 spiro atoms. The van der Waals surface area contributed by atoms with Crippen molar-refractivity contribution in [1.82, 2.24) is 14.3 Å². The number of rotatable bonds is 5. The molecule has 6 nitrogen and oxygen atoms in total. The van der Waals surface area contributed by atoms with E-state index in [0.717, 1.165) is 21.9 Å². The van der Waals surface area contributed by atoms with Crippen molar-refractivity contribution in [3.63, 3.8) is 0 Å². The fourth-order valence-electron chi connectivity index (χ4n) is 3.08. The largest absolute Gasteiger partial charge is 0.345 e. The number of fused-ring (bicyclic) bond motifs is 1. The van der Waals surface area contributed by atoms with Crippen LogP contribution in [0.5, 0.6) is 0 Å². The zero-order valence-corrected chi connectivity index (χ0v) is 18.0. The van der Waals surface area contributed by atoms with Gasteiger partial charge in [0, 0.05) is 42.6 Å². The van der Waals surface area contributed by atoms with Gasteiger partial charge in [-0.15, -0.1) is 11.3 Å². The Morgan fingerprint density at radius 2 is 1.93 bits per heavy atom. The minimum atomic E-state index is -0.187. The van der Waals surface area contributed by atoms with Crippen LogP contribution in [0.4, 0.5) is 5.69 Å². The first-order valence-electron chi connectivity index (χ1n) is 9.24. The second-order valence-corrected chi connectivity index (χ2v) is 8.23. The van der Waals surface area contributed by atoms with Gasteiger partial charge in [-0.3, -0.25) is 14.0 Å². The molecular weight excluding hydrogens is 420 g/mol. The zero-order chi connectivity index (χ0) is 21.3. The predicted molar refractivity (Wildman–Crippen MR) is 120 cm³/mol. The second-order valence-electron chi connectivity index (χ2n) is 6.99. The van der Waals surface area contributed by atoms with Gasteiger partial charge < -0.3 is 10.2 Å². The molecule has 2 aromatic heterocycles. The average molecular weight is 439 g/mol. The Bertz CT molecular complexity index is 1230. The Morgan fingerprint density at radius 3 is 2.63 bits per heavy atom. The Morgan fingerprint density at radius 1 is 1.17 bits per heavy atom. The van der Waals surface area contributed by atoms with E-state index in [1.165, 1.54) is 16.2 Å². The van der Waals surface area contributed by atoms with E-state index in [0.29, 0.717) is 16.3 Å². The molecule has 2 amide bonds. The van der Waals surface area contributed by atoms with Gasteiger partial charge in [-0.25, -0.2) is 4.98 Å². The van der Waals surface area contributed by atoms with Crippen molar-refractivity contribution in [2.24, 2.45) is 0 Å². The fourth-order valence-corrected chi connectivity index (χ4v) is 4.22. The van der Waals surface area contributed by atoms with Gasteiger partial charge in [-0.2, -0.15) is 0 Å². The molecule has 0 unspecified atom stereocenters. The minimum absolute atomic E-state index is 0.174. The first kappa shape index (κ1) is 20.1. The monoisotopic (exact) mass is 438 g/mol. The standard InChI is InChI=1S/C22H19ClN4O2S/c1-26(2)21(29)17-9-8-15(10-18(17)23)24-20(28)11-16-13-30-22-25-19(12-27(16)22)14-6-4-3-5-7-14/h3-10,12-13H,11H2,1-2H3,(H,24,28). The number of anilines is 1. The molecule has 1 N–H and O–H groups in total. The van der Waals surface area contributed by atoms with E-state index in [1.54, 1.807) is 32.3 Å². The van der Waals surface area contributed by atoms with Gasteiger partial charge in [-0.1, -0.05) is 41.9 Å². The molecule has 0 fully saturated rings. The van der Waals surface area contributed by atoms with Gasteiger partial charge in [0.15, 0.2) is 4.96 Å². The second kappa shape index (κ2) is 8.30. The number of aromatic nitrogens is 2. The maximum absolute atomic E-state index is 12.6. The number of amides is 2. The molecule has 2 heterocycles. The van der Waals surface area contributed by atoms with Crippen molar-refractivity contribution in [2.45, 2.75) is 6.42 Å². The summed E-state index contributed by atoms with van der Waals surface area (Å²) >= 11 is 7.72. The molecule has 4 aromatic rings. The van der Waals surface area contributed by atoms with Gasteiger partial charge in [0.1, 0.15) is 0 Å². The third-order valence-corrected chi connectivity index (χ3v) is 5.79. The topological polar surface area (TPSA) is 66.7 Å². The smallest absolute Gasteiger partial charge is 0.254 e. The SMILES string of the molecule is CN(C)C(=O)c1ccc(NC(=O)Cc2csc3nc(-c4ccccc4)cn23)cc1Cl. The number of thiazole rings is 1. The predicted octanol–water partition coefficient (Wildman–Crippen LogP) is 4.60. The van der Waals surface area contributed by atoms with Crippen molar-refractivity contribution in [3.8, 4) is 11.3 Å². The van der Waals surface area contributed by atoms with Gasteiger partial charge in [0.2, 0.25) is 5.91 Å². The number of halogens is 1. The van der Waals surface area contributed by atoms with Crippen LogP contribution in [0.1, 0.15) is 16.1 Å². The summed E-state index contributed by atoms with van der Waals surface area (Å²) < 4.78 is 1.94. The van der Waals surface area contributed by atoms with Crippen molar-refractivity contribution in [3.05, 3.63) is 76.4 Å². The van der Waals surface area contributed by atoms with Crippen LogP contribution < -0.4 is 5.32 Å². The lowest BCUT2D eigenvalue weighted by Crippen LogP contribution is -2.22. The van der Waals surface area contributed by atoms with Crippen LogP contribution in [0.15, 0.2) is 60.1 Å². The molecule has 4 rings (SSSR count). The normalized spacial score (nSPS) is 10.9. The van der Waals surface area contributed by atoms with Crippen molar-refractivity contribution >= 4 is 45.4 Å². The fraction of sp³-hybridized carbons (Fsp3) is 0.136. The molecule has 0 atom stereocenters. The van der Waals surface area contributed by atoms with Crippen LogP contribution in [-0.4, -0.2) is 40.2 Å². The number of imidazole rings is 1. The van der Waals surface area contributed by atoms with Crippen LogP contribution >= 0.6 is 22.9 Å². The third-order valence-electron chi connectivity index (χ3n) is 4.58. The van der Waals surface area contributed by atoms with Crippen LogP contribution in [0.3, 0.4) is 0 Å². The van der Waals surface area contributed by atoms with Crippen LogP contribution in [-0.2, 0) is 11.2 Å². The summed E-state index contributed by atoms with van der Waals surface area (Å²) in [6, 6.07) is 14.8. The van der Waals surface area contributed by atoms with E-state index < -0.39 is 0 Å². The van der Waals surface area contributed by atoms with E-state index in [2.05, 4.69) is 10.3 Å². The molecule has 0 saturated heterocycles. The number of hydrogen-bond acceptors (Lipinski definition) is 4. The summed E-state index contributed by atoms with van der Waals surface area (Å²) in [6.07, 6.45) is 2.14. The summed E-state index contributed by atoms with van der Waals surface area (Å²) in [4.78, 5) is 31.6. The quantitative estimate of drug-likeness (QED) is 0.495. The zero-order valence-electron chi connectivity index (χ0n) is 16.4. The Balaban J connectivity index is 1.49.